The molecule has 0 unspecified atom stereocenters. The van der Waals surface area contributed by atoms with Gasteiger partial charge in [0.05, 0.1) is 0 Å². The van der Waals surface area contributed by atoms with Gasteiger partial charge in [-0.2, -0.15) is 0 Å². The minimum Gasteiger partial charge on any atom is -0.300 e. The molecule has 1 aromatic carbocycles. The summed E-state index contributed by atoms with van der Waals surface area (Å²) in [6, 6.07) is 7.50. The number of ether oxygens (including phenoxy) is 2. The van der Waals surface area contributed by atoms with Gasteiger partial charge < -0.3 is 0 Å². The fourth-order valence-electron chi connectivity index (χ4n) is 2.60. The van der Waals surface area contributed by atoms with Crippen molar-refractivity contribution in [2.24, 2.45) is 0 Å². The average molecular weight is 313 g/mol. The van der Waals surface area contributed by atoms with Crippen LogP contribution >= 0.6 is 15.9 Å². The van der Waals surface area contributed by atoms with Crippen LogP contribution in [0, 0.1) is 0 Å². The molecule has 2 fully saturated rings. The van der Waals surface area contributed by atoms with Gasteiger partial charge in [0.2, 0.25) is 5.78 Å². The van der Waals surface area contributed by atoms with Gasteiger partial charge in [0.15, 0.2) is 0 Å². The maximum Gasteiger partial charge on any atom is 0.309 e. The van der Waals surface area contributed by atoms with Crippen LogP contribution in [0.3, 0.4) is 0 Å². The van der Waals surface area contributed by atoms with E-state index >= 15 is 0 Å². The number of carbonyl (C=O) groups is 1. The van der Waals surface area contributed by atoms with Crippen molar-refractivity contribution in [1.29, 1.82) is 0 Å². The van der Waals surface area contributed by atoms with E-state index in [9.17, 15) is 4.79 Å². The van der Waals surface area contributed by atoms with Gasteiger partial charge in [0.25, 0.3) is 0 Å². The van der Waals surface area contributed by atoms with Crippen LogP contribution in [0.5, 0.6) is 0 Å². The van der Waals surface area contributed by atoms with Gasteiger partial charge >= 0.3 is 6.41 Å². The molecule has 2 aliphatic rings. The SMILES string of the molecule is O=C(C[N+]12CCOC1OCC2)c1ccc(Br)cc1. The van der Waals surface area contributed by atoms with E-state index in [0.29, 0.717) is 24.2 Å². The number of ketones is 1. The molecule has 4 nitrogen and oxygen atoms in total. The van der Waals surface area contributed by atoms with Crippen molar-refractivity contribution in [2.45, 2.75) is 6.41 Å². The fourth-order valence-corrected chi connectivity index (χ4v) is 2.87. The Morgan fingerprint density at radius 1 is 1.22 bits per heavy atom. The van der Waals surface area contributed by atoms with E-state index in [1.54, 1.807) is 0 Å². The molecule has 0 aliphatic carbocycles. The molecule has 0 amide bonds. The number of quaternary nitrogens is 1. The maximum atomic E-state index is 12.3. The van der Waals surface area contributed by atoms with E-state index in [2.05, 4.69) is 15.9 Å². The Morgan fingerprint density at radius 3 is 2.44 bits per heavy atom. The lowest BCUT2D eigenvalue weighted by Gasteiger charge is -2.29. The number of hydrogen-bond donors (Lipinski definition) is 0. The Hall–Kier alpha value is -0.750. The van der Waals surface area contributed by atoms with E-state index in [1.165, 1.54) is 0 Å². The van der Waals surface area contributed by atoms with Crippen LogP contribution < -0.4 is 0 Å². The second-order valence-corrected chi connectivity index (χ2v) is 5.72. The number of hydrogen-bond acceptors (Lipinski definition) is 3. The molecule has 96 valence electrons. The second-order valence-electron chi connectivity index (χ2n) is 4.80. The summed E-state index contributed by atoms with van der Waals surface area (Å²) in [7, 11) is 0. The summed E-state index contributed by atoms with van der Waals surface area (Å²) < 4.78 is 12.7. The lowest BCUT2D eigenvalue weighted by atomic mass is 10.1. The van der Waals surface area contributed by atoms with E-state index < -0.39 is 0 Å². The first-order valence-electron chi connectivity index (χ1n) is 6.07. The van der Waals surface area contributed by atoms with Crippen LogP contribution in [0.4, 0.5) is 0 Å². The van der Waals surface area contributed by atoms with Crippen LogP contribution in [0.25, 0.3) is 0 Å². The molecule has 3 rings (SSSR count). The summed E-state index contributed by atoms with van der Waals surface area (Å²) in [6.07, 6.45) is -0.232. The molecule has 1 aromatic rings. The molecule has 0 bridgehead atoms. The molecule has 0 aromatic heterocycles. The zero-order valence-electron chi connectivity index (χ0n) is 9.97. The largest absolute Gasteiger partial charge is 0.309 e. The molecule has 0 spiro atoms. The van der Waals surface area contributed by atoms with Crippen molar-refractivity contribution in [1.82, 2.24) is 0 Å². The third-order valence-corrected chi connectivity index (χ3v) is 4.19. The average Bonchev–Trinajstić information content (AvgIpc) is 2.88. The molecule has 2 heterocycles. The molecule has 0 N–H and O–H groups in total. The monoisotopic (exact) mass is 312 g/mol. The highest BCUT2D eigenvalue weighted by molar-refractivity contribution is 9.10. The number of rotatable bonds is 3. The van der Waals surface area contributed by atoms with Crippen LogP contribution in [-0.2, 0) is 9.47 Å². The number of fused-ring (bicyclic) bond motifs is 1. The molecular weight excluding hydrogens is 298 g/mol. The van der Waals surface area contributed by atoms with Gasteiger partial charge in [-0.15, -0.1) is 0 Å². The Bertz CT molecular complexity index is 450. The Morgan fingerprint density at radius 2 is 1.83 bits per heavy atom. The lowest BCUT2D eigenvalue weighted by Crippen LogP contribution is -2.51. The topological polar surface area (TPSA) is 35.5 Å². The van der Waals surface area contributed by atoms with Gasteiger partial charge in [-0.3, -0.25) is 18.8 Å². The predicted molar refractivity (Wildman–Crippen MR) is 69.0 cm³/mol. The van der Waals surface area contributed by atoms with Crippen LogP contribution in [0.15, 0.2) is 28.7 Å². The highest BCUT2D eigenvalue weighted by Gasteiger charge is 2.49. The van der Waals surface area contributed by atoms with Gasteiger partial charge in [-0.1, -0.05) is 28.1 Å². The normalized spacial score (nSPS) is 30.4. The van der Waals surface area contributed by atoms with Crippen molar-refractivity contribution in [3.63, 3.8) is 0 Å². The summed E-state index contributed by atoms with van der Waals surface area (Å²) in [6.45, 7) is 3.56. The number of Topliss-reactive ketones (excluding diaryl/α,β-unsaturated/α-hetero) is 1. The number of benzene rings is 1. The Kier molecular flexibility index (Phi) is 3.23. The molecule has 2 aliphatic heterocycles. The first-order valence-corrected chi connectivity index (χ1v) is 6.87. The molecule has 18 heavy (non-hydrogen) atoms. The van der Waals surface area contributed by atoms with Gasteiger partial charge in [0.1, 0.15) is 32.8 Å². The van der Waals surface area contributed by atoms with Crippen LogP contribution in [0.2, 0.25) is 0 Å². The zero-order chi connectivity index (χ0) is 12.6. The molecule has 2 saturated heterocycles. The van der Waals surface area contributed by atoms with E-state index in [4.69, 9.17) is 9.47 Å². The van der Waals surface area contributed by atoms with E-state index in [1.807, 2.05) is 24.3 Å². The number of halogens is 1. The molecular formula is C13H15BrNO3+. The first kappa shape index (κ1) is 12.3. The second kappa shape index (κ2) is 4.74. The molecule has 0 radical (unpaired) electrons. The minimum absolute atomic E-state index is 0.156. The van der Waals surface area contributed by atoms with Gasteiger partial charge in [-0.05, 0) is 12.1 Å². The summed E-state index contributed by atoms with van der Waals surface area (Å²) in [5.74, 6) is 0.156. The van der Waals surface area contributed by atoms with Gasteiger partial charge in [-0.25, -0.2) is 0 Å². The predicted octanol–water partition coefficient (Wildman–Crippen LogP) is 1.79. The smallest absolute Gasteiger partial charge is 0.300 e. The highest BCUT2D eigenvalue weighted by Crippen LogP contribution is 2.28. The highest BCUT2D eigenvalue weighted by atomic mass is 79.9. The van der Waals surface area contributed by atoms with Crippen molar-refractivity contribution in [3.05, 3.63) is 34.3 Å². The molecule has 0 saturated carbocycles. The maximum absolute atomic E-state index is 12.3. The van der Waals surface area contributed by atoms with Crippen molar-refractivity contribution in [3.8, 4) is 0 Å². The van der Waals surface area contributed by atoms with Crippen LogP contribution in [0.1, 0.15) is 10.4 Å². The Balaban J connectivity index is 1.76. The van der Waals surface area contributed by atoms with E-state index in [0.717, 1.165) is 23.1 Å². The first-order chi connectivity index (χ1) is 8.70. The zero-order valence-corrected chi connectivity index (χ0v) is 11.6. The van der Waals surface area contributed by atoms with Crippen molar-refractivity contribution >= 4 is 21.7 Å². The Labute approximate surface area is 114 Å². The van der Waals surface area contributed by atoms with Crippen molar-refractivity contribution < 1.29 is 18.8 Å². The van der Waals surface area contributed by atoms with Crippen molar-refractivity contribution in [2.75, 3.05) is 32.8 Å². The van der Waals surface area contributed by atoms with E-state index in [-0.39, 0.29) is 12.2 Å². The fraction of sp³-hybridized carbons (Fsp3) is 0.462. The minimum atomic E-state index is -0.232. The van der Waals surface area contributed by atoms with Crippen LogP contribution in [-0.4, -0.2) is 49.5 Å². The molecule has 5 heteroatoms. The number of carbonyl (C=O) groups excluding carboxylic acids is 1. The van der Waals surface area contributed by atoms with Gasteiger partial charge in [0, 0.05) is 10.0 Å². The summed E-state index contributed by atoms with van der Waals surface area (Å²) in [5, 5.41) is 0. The molecule has 0 atom stereocenters. The number of nitrogens with zero attached hydrogens (tertiary/aromatic N) is 1. The summed E-state index contributed by atoms with van der Waals surface area (Å²) >= 11 is 3.37. The lowest BCUT2D eigenvalue weighted by molar-refractivity contribution is -0.942. The standard InChI is InChI=1S/C13H15BrNO3/c14-11-3-1-10(2-4-11)12(16)9-15-5-7-17-13(15)18-8-6-15/h1-4,13H,5-9H2/q+1. The third kappa shape index (κ3) is 2.12. The quantitative estimate of drug-likeness (QED) is 0.630. The third-order valence-electron chi connectivity index (χ3n) is 3.67. The summed E-state index contributed by atoms with van der Waals surface area (Å²) in [4.78, 5) is 12.3. The summed E-state index contributed by atoms with van der Waals surface area (Å²) in [5.41, 5.74) is 0.753.